The minimum atomic E-state index is -1.14. The van der Waals surface area contributed by atoms with Crippen LogP contribution in [-0.4, -0.2) is 17.9 Å². The Hall–Kier alpha value is -3.80. The smallest absolute Gasteiger partial charge is 0.252 e. The summed E-state index contributed by atoms with van der Waals surface area (Å²) in [7, 11) is 0. The fourth-order valence-electron chi connectivity index (χ4n) is 3.63. The van der Waals surface area contributed by atoms with Gasteiger partial charge in [0, 0.05) is 12.0 Å². The lowest BCUT2D eigenvalue weighted by atomic mass is 9.92. The van der Waals surface area contributed by atoms with Crippen molar-refractivity contribution in [3.05, 3.63) is 95.6 Å². The Morgan fingerprint density at radius 3 is 2.00 bits per heavy atom. The summed E-state index contributed by atoms with van der Waals surface area (Å²) in [5.74, 6) is -3.62. The number of amides is 2. The maximum absolute atomic E-state index is 13.5. The molecule has 1 atom stereocenters. The number of fused-ring (bicyclic) bond motifs is 2. The van der Waals surface area contributed by atoms with Crippen LogP contribution in [0.3, 0.4) is 0 Å². The lowest BCUT2D eigenvalue weighted by molar-refractivity contribution is -0.119. The Balaban J connectivity index is 1.72. The van der Waals surface area contributed by atoms with E-state index in [1.54, 1.807) is 0 Å². The van der Waals surface area contributed by atoms with E-state index in [9.17, 15) is 18.4 Å². The Labute approximate surface area is 171 Å². The number of primary amides is 1. The van der Waals surface area contributed by atoms with E-state index in [1.165, 1.54) is 0 Å². The number of nitrogens with two attached hydrogens (primary N) is 1. The van der Waals surface area contributed by atoms with E-state index in [0.29, 0.717) is 0 Å². The number of rotatable bonds is 5. The molecule has 0 spiro atoms. The van der Waals surface area contributed by atoms with Crippen LogP contribution in [0.2, 0.25) is 0 Å². The van der Waals surface area contributed by atoms with Crippen LogP contribution in [0.5, 0.6) is 0 Å². The van der Waals surface area contributed by atoms with Gasteiger partial charge in [-0.05, 0) is 51.4 Å². The van der Waals surface area contributed by atoms with Crippen LogP contribution in [-0.2, 0) is 11.2 Å². The van der Waals surface area contributed by atoms with Gasteiger partial charge >= 0.3 is 0 Å². The summed E-state index contributed by atoms with van der Waals surface area (Å²) in [4.78, 5) is 24.7. The molecule has 2 amide bonds. The van der Waals surface area contributed by atoms with Gasteiger partial charge in [0.05, 0.1) is 0 Å². The zero-order valence-corrected chi connectivity index (χ0v) is 15.9. The summed E-state index contributed by atoms with van der Waals surface area (Å²) in [6.07, 6.45) is 0.159. The van der Waals surface area contributed by atoms with E-state index >= 15 is 0 Å². The number of hydrogen-bond acceptors (Lipinski definition) is 2. The Bertz CT molecular complexity index is 1230. The molecule has 4 nitrogen and oxygen atoms in total. The largest absolute Gasteiger partial charge is 0.368 e. The molecule has 0 bridgehead atoms. The third-order valence-corrected chi connectivity index (χ3v) is 5.12. The number of nitrogens with one attached hydrogen (secondary N) is 1. The van der Waals surface area contributed by atoms with Crippen LogP contribution in [0.15, 0.2) is 72.8 Å². The zero-order chi connectivity index (χ0) is 21.3. The van der Waals surface area contributed by atoms with Crippen molar-refractivity contribution in [1.82, 2.24) is 5.32 Å². The zero-order valence-electron chi connectivity index (χ0n) is 15.9. The van der Waals surface area contributed by atoms with Gasteiger partial charge in [0.15, 0.2) is 11.6 Å². The van der Waals surface area contributed by atoms with Crippen LogP contribution >= 0.6 is 0 Å². The Morgan fingerprint density at radius 2 is 1.43 bits per heavy atom. The second kappa shape index (κ2) is 7.91. The van der Waals surface area contributed by atoms with Gasteiger partial charge in [-0.25, -0.2) is 8.78 Å². The molecule has 0 aromatic heterocycles. The van der Waals surface area contributed by atoms with E-state index in [2.05, 4.69) is 11.4 Å². The first-order valence-electron chi connectivity index (χ1n) is 9.38. The van der Waals surface area contributed by atoms with E-state index in [-0.39, 0.29) is 12.0 Å². The second-order valence-corrected chi connectivity index (χ2v) is 7.06. The molecule has 150 valence electrons. The minimum absolute atomic E-state index is 0.0945. The summed E-state index contributed by atoms with van der Waals surface area (Å²) in [5, 5.41) is 6.45. The molecule has 0 unspecified atom stereocenters. The van der Waals surface area contributed by atoms with Crippen molar-refractivity contribution < 1.29 is 18.4 Å². The Kier molecular flexibility index (Phi) is 5.14. The maximum Gasteiger partial charge on any atom is 0.252 e. The topological polar surface area (TPSA) is 72.2 Å². The van der Waals surface area contributed by atoms with Crippen molar-refractivity contribution in [3.63, 3.8) is 0 Å². The number of benzene rings is 4. The molecule has 0 aliphatic rings. The van der Waals surface area contributed by atoms with E-state index in [0.717, 1.165) is 45.3 Å². The van der Waals surface area contributed by atoms with Crippen molar-refractivity contribution in [2.75, 3.05) is 0 Å². The molecule has 30 heavy (non-hydrogen) atoms. The first-order chi connectivity index (χ1) is 14.4. The lowest BCUT2D eigenvalue weighted by Gasteiger charge is -2.19. The highest BCUT2D eigenvalue weighted by atomic mass is 19.2. The van der Waals surface area contributed by atoms with Gasteiger partial charge in [0.1, 0.15) is 6.04 Å². The highest BCUT2D eigenvalue weighted by molar-refractivity contribution is 6.03. The van der Waals surface area contributed by atoms with E-state index < -0.39 is 29.5 Å². The molecular weight excluding hydrogens is 386 g/mol. The fourth-order valence-corrected chi connectivity index (χ4v) is 3.63. The summed E-state index contributed by atoms with van der Waals surface area (Å²) in [5.41, 5.74) is 6.34. The van der Waals surface area contributed by atoms with Crippen molar-refractivity contribution in [1.29, 1.82) is 0 Å². The summed E-state index contributed by atoms with van der Waals surface area (Å²) in [6, 6.07) is 19.4. The standard InChI is InChI=1S/C24H18F2N2O2/c25-20-10-9-16(12-21(20)26)24(30)28-22(23(27)29)13-19-17-7-3-1-5-14(17)11-15-6-2-4-8-18(15)19/h1-12,22H,13H2,(H2,27,29)(H,28,30)/t22-/m0/s1. The van der Waals surface area contributed by atoms with Crippen molar-refractivity contribution >= 4 is 33.4 Å². The molecule has 0 heterocycles. The van der Waals surface area contributed by atoms with Gasteiger partial charge in [0.2, 0.25) is 5.91 Å². The molecule has 0 saturated heterocycles. The summed E-state index contributed by atoms with van der Waals surface area (Å²) >= 11 is 0. The average molecular weight is 404 g/mol. The van der Waals surface area contributed by atoms with Gasteiger partial charge in [-0.15, -0.1) is 0 Å². The number of halogens is 2. The van der Waals surface area contributed by atoms with Gasteiger partial charge in [-0.2, -0.15) is 0 Å². The second-order valence-electron chi connectivity index (χ2n) is 7.06. The molecule has 0 saturated carbocycles. The van der Waals surface area contributed by atoms with Crippen molar-refractivity contribution in [3.8, 4) is 0 Å². The van der Waals surface area contributed by atoms with Gasteiger partial charge in [0.25, 0.3) is 5.91 Å². The Morgan fingerprint density at radius 1 is 0.833 bits per heavy atom. The monoisotopic (exact) mass is 404 g/mol. The molecule has 6 heteroatoms. The highest BCUT2D eigenvalue weighted by Gasteiger charge is 2.22. The third-order valence-electron chi connectivity index (χ3n) is 5.12. The molecule has 4 rings (SSSR count). The van der Waals surface area contributed by atoms with Crippen LogP contribution in [0.25, 0.3) is 21.5 Å². The normalized spacial score (nSPS) is 12.1. The predicted molar refractivity (Wildman–Crippen MR) is 112 cm³/mol. The highest BCUT2D eigenvalue weighted by Crippen LogP contribution is 2.29. The lowest BCUT2D eigenvalue weighted by Crippen LogP contribution is -2.46. The molecule has 3 N–H and O–H groups in total. The molecule has 0 fully saturated rings. The number of carbonyl (C=O) groups excluding carboxylic acids is 2. The van der Waals surface area contributed by atoms with Crippen molar-refractivity contribution in [2.45, 2.75) is 12.5 Å². The van der Waals surface area contributed by atoms with Crippen LogP contribution in [0.4, 0.5) is 8.78 Å². The first kappa shape index (κ1) is 19.5. The third kappa shape index (κ3) is 3.72. The summed E-state index contributed by atoms with van der Waals surface area (Å²) < 4.78 is 26.6. The fraction of sp³-hybridized carbons (Fsp3) is 0.0833. The summed E-state index contributed by atoms with van der Waals surface area (Å²) in [6.45, 7) is 0. The first-order valence-corrected chi connectivity index (χ1v) is 9.38. The molecule has 4 aromatic rings. The number of hydrogen-bond donors (Lipinski definition) is 2. The predicted octanol–water partition coefficient (Wildman–Crippen LogP) is 4.10. The van der Waals surface area contributed by atoms with Crippen LogP contribution in [0.1, 0.15) is 15.9 Å². The SMILES string of the molecule is NC(=O)[C@H](Cc1c2ccccc2cc2ccccc12)NC(=O)c1ccc(F)c(F)c1. The van der Waals surface area contributed by atoms with Crippen LogP contribution in [0, 0.1) is 11.6 Å². The van der Waals surface area contributed by atoms with Gasteiger partial charge < -0.3 is 11.1 Å². The molecule has 0 aliphatic heterocycles. The number of carbonyl (C=O) groups is 2. The van der Waals surface area contributed by atoms with Gasteiger partial charge in [-0.3, -0.25) is 9.59 Å². The van der Waals surface area contributed by atoms with Crippen molar-refractivity contribution in [2.24, 2.45) is 5.73 Å². The molecule has 0 radical (unpaired) electrons. The average Bonchev–Trinajstić information content (AvgIpc) is 2.74. The quantitative estimate of drug-likeness (QED) is 0.492. The maximum atomic E-state index is 13.5. The van der Waals surface area contributed by atoms with Gasteiger partial charge in [-0.1, -0.05) is 48.5 Å². The molecule has 0 aliphatic carbocycles. The molecular formula is C24H18F2N2O2. The minimum Gasteiger partial charge on any atom is -0.368 e. The van der Waals surface area contributed by atoms with Crippen LogP contribution < -0.4 is 11.1 Å². The van der Waals surface area contributed by atoms with E-state index in [1.807, 2.05) is 48.5 Å². The van der Waals surface area contributed by atoms with E-state index in [4.69, 9.17) is 5.73 Å². The molecule has 4 aromatic carbocycles.